The van der Waals surface area contributed by atoms with Crippen molar-refractivity contribution >= 4 is 34.1 Å². The maximum atomic E-state index is 11.1. The molecule has 57 heavy (non-hydrogen) atoms. The molecule has 0 spiro atoms. The van der Waals surface area contributed by atoms with Gasteiger partial charge in [0.1, 0.15) is 0 Å². The van der Waals surface area contributed by atoms with E-state index in [0.717, 1.165) is 53.9 Å². The van der Waals surface area contributed by atoms with E-state index in [0.29, 0.717) is 6.42 Å². The van der Waals surface area contributed by atoms with Crippen LogP contribution in [0.5, 0.6) is 0 Å². The minimum Gasteiger partial charge on any atom is -0.258 e. The van der Waals surface area contributed by atoms with Crippen LogP contribution in [0.4, 0.5) is 34.1 Å². The van der Waals surface area contributed by atoms with Crippen molar-refractivity contribution in [2.45, 2.75) is 19.3 Å². The van der Waals surface area contributed by atoms with Gasteiger partial charge in [-0.1, -0.05) is 84.9 Å². The zero-order valence-electron chi connectivity index (χ0n) is 29.6. The van der Waals surface area contributed by atoms with Crippen molar-refractivity contribution in [2.75, 3.05) is 0 Å². The third-order valence-electron chi connectivity index (χ3n) is 8.13. The van der Waals surface area contributed by atoms with Gasteiger partial charge in [-0.2, -0.15) is 0 Å². The summed E-state index contributed by atoms with van der Waals surface area (Å²) in [5, 5.41) is 64.7. The van der Waals surface area contributed by atoms with Crippen molar-refractivity contribution in [3.8, 4) is 0 Å². The highest BCUT2D eigenvalue weighted by Crippen LogP contribution is 2.31. The van der Waals surface area contributed by atoms with E-state index < -0.39 is 52.3 Å². The van der Waals surface area contributed by atoms with E-state index in [9.17, 15) is 60.7 Å². The SMILES string of the molecule is O=[N+]([O-])c1ccc(Cc2ccc([N+](=O)[O-])cc2)cc1.O=[N+]([O-])c1ccc(Cc2ccc([N+](=O)[O-])cc2[N+](=O)[O-])c([N+](=O)[O-])c1.c1ccc(Cc2ccccc2)cc1. The molecule has 6 aromatic rings. The molecule has 0 aliphatic heterocycles. The van der Waals surface area contributed by atoms with Gasteiger partial charge in [-0.15, -0.1) is 0 Å². The number of hydrogen-bond acceptors (Lipinski definition) is 12. The van der Waals surface area contributed by atoms with E-state index in [2.05, 4.69) is 60.7 Å². The van der Waals surface area contributed by atoms with Crippen LogP contribution < -0.4 is 0 Å². The smallest absolute Gasteiger partial charge is 0.258 e. The largest absolute Gasteiger partial charge is 0.279 e. The van der Waals surface area contributed by atoms with Crippen LogP contribution in [0.1, 0.15) is 33.4 Å². The molecule has 6 rings (SSSR count). The number of nitrogens with zero attached hydrogens (tertiary/aromatic N) is 6. The first-order chi connectivity index (χ1) is 27.2. The first-order valence-electron chi connectivity index (χ1n) is 16.6. The van der Waals surface area contributed by atoms with Crippen LogP contribution in [0.25, 0.3) is 0 Å². The van der Waals surface area contributed by atoms with Crippen LogP contribution in [-0.2, 0) is 19.3 Å². The van der Waals surface area contributed by atoms with Crippen molar-refractivity contribution in [1.29, 1.82) is 0 Å². The summed E-state index contributed by atoms with van der Waals surface area (Å²) in [6, 6.07) is 39.4. The van der Waals surface area contributed by atoms with Crippen LogP contribution >= 0.6 is 0 Å². The summed E-state index contributed by atoms with van der Waals surface area (Å²) >= 11 is 0. The Morgan fingerprint density at radius 1 is 0.298 bits per heavy atom. The molecule has 0 amide bonds. The first-order valence-corrected chi connectivity index (χ1v) is 16.6. The summed E-state index contributed by atoms with van der Waals surface area (Å²) in [6.45, 7) is 0. The number of nitro benzene ring substituents is 6. The molecule has 0 atom stereocenters. The Balaban J connectivity index is 0.000000199. The lowest BCUT2D eigenvalue weighted by molar-refractivity contribution is -0.395. The summed E-state index contributed by atoms with van der Waals surface area (Å²) in [5.41, 5.74) is 2.56. The minimum atomic E-state index is -0.834. The van der Waals surface area contributed by atoms with Gasteiger partial charge < -0.3 is 0 Å². The van der Waals surface area contributed by atoms with Gasteiger partial charge in [0.15, 0.2) is 0 Å². The Morgan fingerprint density at radius 3 is 0.860 bits per heavy atom. The molecule has 0 fully saturated rings. The molecule has 0 bridgehead atoms. The second-order valence-corrected chi connectivity index (χ2v) is 12.0. The van der Waals surface area contributed by atoms with Gasteiger partial charge in [-0.3, -0.25) is 60.7 Å². The Labute approximate surface area is 322 Å². The predicted octanol–water partition coefficient (Wildman–Crippen LogP) is 9.28. The third kappa shape index (κ3) is 12.4. The second-order valence-electron chi connectivity index (χ2n) is 12.0. The first kappa shape index (κ1) is 41.5. The molecule has 0 aliphatic rings. The molecule has 288 valence electrons. The van der Waals surface area contributed by atoms with Crippen LogP contribution in [0.2, 0.25) is 0 Å². The molecule has 0 aromatic heterocycles. The van der Waals surface area contributed by atoms with E-state index in [1.807, 2.05) is 0 Å². The van der Waals surface area contributed by atoms with Gasteiger partial charge in [0.25, 0.3) is 34.1 Å². The Kier molecular flexibility index (Phi) is 14.3. The van der Waals surface area contributed by atoms with E-state index in [1.165, 1.54) is 35.4 Å². The van der Waals surface area contributed by atoms with Crippen LogP contribution in [-0.4, -0.2) is 29.5 Å². The van der Waals surface area contributed by atoms with Crippen molar-refractivity contribution < 1.29 is 29.5 Å². The van der Waals surface area contributed by atoms with Gasteiger partial charge in [0.05, 0.1) is 41.7 Å². The Bertz CT molecular complexity index is 2230. The second kappa shape index (κ2) is 19.7. The summed E-state index contributed by atoms with van der Waals surface area (Å²) in [5.74, 6) is 0. The third-order valence-corrected chi connectivity index (χ3v) is 8.13. The molecule has 0 N–H and O–H groups in total. The molecular weight excluding hydrogens is 744 g/mol. The molecule has 0 saturated carbocycles. The van der Waals surface area contributed by atoms with Gasteiger partial charge >= 0.3 is 0 Å². The van der Waals surface area contributed by atoms with Crippen LogP contribution in [0.15, 0.2) is 146 Å². The molecule has 6 aromatic carbocycles. The average molecular weight is 775 g/mol. The molecule has 18 heteroatoms. The van der Waals surface area contributed by atoms with Gasteiger partial charge in [-0.05, 0) is 47.2 Å². The van der Waals surface area contributed by atoms with Crippen LogP contribution in [0, 0.1) is 60.7 Å². The van der Waals surface area contributed by atoms with Gasteiger partial charge in [-0.25, -0.2) is 0 Å². The summed E-state index contributed by atoms with van der Waals surface area (Å²) in [7, 11) is 0. The summed E-state index contributed by atoms with van der Waals surface area (Å²) in [4.78, 5) is 60.5. The number of non-ortho nitro benzene ring substituents is 4. The van der Waals surface area contributed by atoms with E-state index in [1.54, 1.807) is 24.3 Å². The Morgan fingerprint density at radius 2 is 0.579 bits per heavy atom. The molecule has 0 unspecified atom stereocenters. The summed E-state index contributed by atoms with van der Waals surface area (Å²) < 4.78 is 0. The summed E-state index contributed by atoms with van der Waals surface area (Å²) in [6.07, 6.45) is 1.32. The predicted molar refractivity (Wildman–Crippen MR) is 207 cm³/mol. The van der Waals surface area contributed by atoms with Crippen molar-refractivity contribution in [3.63, 3.8) is 0 Å². The number of nitro groups is 6. The number of hydrogen-bond donors (Lipinski definition) is 0. The lowest BCUT2D eigenvalue weighted by Gasteiger charge is -2.05. The lowest BCUT2D eigenvalue weighted by atomic mass is 10.0. The average Bonchev–Trinajstić information content (AvgIpc) is 3.19. The normalized spacial score (nSPS) is 10.1. The highest BCUT2D eigenvalue weighted by molar-refractivity contribution is 5.55. The lowest BCUT2D eigenvalue weighted by Crippen LogP contribution is -2.02. The molecule has 0 saturated heterocycles. The highest BCUT2D eigenvalue weighted by Gasteiger charge is 2.24. The van der Waals surface area contributed by atoms with E-state index >= 15 is 0 Å². The number of rotatable bonds is 12. The van der Waals surface area contributed by atoms with Gasteiger partial charge in [0, 0.05) is 53.9 Å². The van der Waals surface area contributed by atoms with Crippen molar-refractivity contribution in [2.24, 2.45) is 0 Å². The van der Waals surface area contributed by atoms with Crippen molar-refractivity contribution in [1.82, 2.24) is 0 Å². The molecular formula is C39H30N6O12. The molecule has 0 radical (unpaired) electrons. The maximum Gasteiger partial charge on any atom is 0.279 e. The van der Waals surface area contributed by atoms with E-state index in [4.69, 9.17) is 0 Å². The Hall–Kier alpha value is -8.28. The topological polar surface area (TPSA) is 259 Å². The zero-order chi connectivity index (χ0) is 41.5. The fourth-order valence-electron chi connectivity index (χ4n) is 5.31. The minimum absolute atomic E-state index is 0.00699. The molecule has 0 heterocycles. The zero-order valence-corrected chi connectivity index (χ0v) is 29.6. The maximum absolute atomic E-state index is 11.1. The number of benzene rings is 6. The van der Waals surface area contributed by atoms with Gasteiger partial charge in [0.2, 0.25) is 0 Å². The monoisotopic (exact) mass is 774 g/mol. The fraction of sp³-hybridized carbons (Fsp3) is 0.0769. The highest BCUT2D eigenvalue weighted by atomic mass is 16.6. The standard InChI is InChI=1S/C13H8N4O8.C13H10N2O4.C13H12/c18-14(19)10-3-1-8(12(6-10)16(22)23)5-9-2-4-11(15(20)21)7-13(9)17(24)25;16-14(17)12-5-1-10(2-6-12)9-11-3-7-13(8-4-11)15(18)19;1-3-7-12(8-4-1)11-13-9-5-2-6-10-13/h1-4,6-7H,5H2;1-8H,9H2;1-10H,11H2. The molecule has 0 aliphatic carbocycles. The van der Waals surface area contributed by atoms with Crippen LogP contribution in [0.3, 0.4) is 0 Å². The molecule has 18 nitrogen and oxygen atoms in total. The van der Waals surface area contributed by atoms with Crippen molar-refractivity contribution in [3.05, 3.63) is 240 Å². The fourth-order valence-corrected chi connectivity index (χ4v) is 5.31. The van der Waals surface area contributed by atoms with E-state index in [-0.39, 0.29) is 28.9 Å². The quantitative estimate of drug-likeness (QED) is 0.0832.